The molecule has 7 nitrogen and oxygen atoms in total. The van der Waals surface area contributed by atoms with Crippen molar-refractivity contribution in [3.8, 4) is 5.75 Å². The van der Waals surface area contributed by atoms with Crippen LogP contribution in [0, 0.1) is 0 Å². The van der Waals surface area contributed by atoms with E-state index in [0.717, 1.165) is 9.99 Å². The van der Waals surface area contributed by atoms with Crippen molar-refractivity contribution in [2.45, 2.75) is 6.18 Å². The minimum Gasteiger partial charge on any atom is -0.483 e. The third kappa shape index (κ3) is 4.86. The highest BCUT2D eigenvalue weighted by atomic mass is 32.1. The molecular weight excluding hydrogens is 409 g/mol. The molecule has 3 aromatic rings. The molecule has 11 heteroatoms. The topological polar surface area (TPSA) is 70.8 Å². The summed E-state index contributed by atoms with van der Waals surface area (Å²) in [5.74, 6) is -0.191. The molecule has 1 N–H and O–H groups in total. The molecule has 1 aromatic heterocycles. The van der Waals surface area contributed by atoms with Crippen molar-refractivity contribution in [3.63, 3.8) is 0 Å². The van der Waals surface area contributed by atoms with Gasteiger partial charge in [-0.15, -0.1) is 0 Å². The maximum atomic E-state index is 12.5. The van der Waals surface area contributed by atoms with Gasteiger partial charge in [-0.05, 0) is 36.4 Å². The maximum Gasteiger partial charge on any atom is 0.422 e. The SMILES string of the molecule is CN(C)c1ccc(N(S)C(=O)Nc2noc3cccc(OCC(F)(F)F)c23)cc1. The van der Waals surface area contributed by atoms with E-state index in [1.54, 1.807) is 24.3 Å². The van der Waals surface area contributed by atoms with Gasteiger partial charge in [0.1, 0.15) is 11.1 Å². The number of hydrogen-bond acceptors (Lipinski definition) is 6. The van der Waals surface area contributed by atoms with Crippen molar-refractivity contribution in [2.24, 2.45) is 0 Å². The Morgan fingerprint density at radius 2 is 1.83 bits per heavy atom. The van der Waals surface area contributed by atoms with Crippen LogP contribution in [-0.4, -0.2) is 38.1 Å². The molecule has 0 aliphatic heterocycles. The van der Waals surface area contributed by atoms with E-state index in [4.69, 9.17) is 9.26 Å². The van der Waals surface area contributed by atoms with Crippen molar-refractivity contribution in [1.82, 2.24) is 5.16 Å². The average Bonchev–Trinajstić information content (AvgIpc) is 3.08. The molecule has 2 aromatic carbocycles. The molecule has 0 fully saturated rings. The van der Waals surface area contributed by atoms with Gasteiger partial charge in [0.2, 0.25) is 0 Å². The van der Waals surface area contributed by atoms with Gasteiger partial charge in [0.25, 0.3) is 0 Å². The molecule has 29 heavy (non-hydrogen) atoms. The number of anilines is 3. The Hall–Kier alpha value is -3.08. The van der Waals surface area contributed by atoms with Gasteiger partial charge in [-0.2, -0.15) is 13.2 Å². The zero-order valence-electron chi connectivity index (χ0n) is 15.4. The first-order valence-electron chi connectivity index (χ1n) is 8.31. The number of carbonyl (C=O) groups is 1. The lowest BCUT2D eigenvalue weighted by molar-refractivity contribution is -0.153. The highest BCUT2D eigenvalue weighted by Crippen LogP contribution is 2.33. The number of fused-ring (bicyclic) bond motifs is 1. The number of aromatic nitrogens is 1. The number of hydrogen-bond donors (Lipinski definition) is 2. The highest BCUT2D eigenvalue weighted by Gasteiger charge is 2.29. The van der Waals surface area contributed by atoms with Gasteiger partial charge in [-0.25, -0.2) is 9.10 Å². The lowest BCUT2D eigenvalue weighted by Crippen LogP contribution is -2.27. The van der Waals surface area contributed by atoms with Crippen LogP contribution < -0.4 is 19.3 Å². The first-order chi connectivity index (χ1) is 13.7. The van der Waals surface area contributed by atoms with Gasteiger partial charge in [0.15, 0.2) is 18.0 Å². The average molecular weight is 426 g/mol. The highest BCUT2D eigenvalue weighted by molar-refractivity contribution is 7.82. The number of ether oxygens (including phenoxy) is 1. The van der Waals surface area contributed by atoms with Gasteiger partial charge < -0.3 is 14.2 Å². The Balaban J connectivity index is 1.81. The third-order valence-electron chi connectivity index (χ3n) is 3.88. The van der Waals surface area contributed by atoms with E-state index in [2.05, 4.69) is 23.3 Å². The van der Waals surface area contributed by atoms with Gasteiger partial charge in [-0.3, -0.25) is 5.32 Å². The predicted molar refractivity (Wildman–Crippen MR) is 107 cm³/mol. The Kier molecular flexibility index (Phi) is 5.78. The molecule has 0 saturated heterocycles. The quantitative estimate of drug-likeness (QED) is 0.578. The number of amides is 2. The number of alkyl halides is 3. The van der Waals surface area contributed by atoms with Gasteiger partial charge in [-0.1, -0.05) is 24.0 Å². The van der Waals surface area contributed by atoms with Crippen molar-refractivity contribution in [3.05, 3.63) is 42.5 Å². The van der Waals surface area contributed by atoms with Gasteiger partial charge in [0.05, 0.1) is 5.69 Å². The summed E-state index contributed by atoms with van der Waals surface area (Å²) in [5, 5.41) is 6.31. The lowest BCUT2D eigenvalue weighted by Gasteiger charge is -2.18. The van der Waals surface area contributed by atoms with Crippen molar-refractivity contribution < 1.29 is 27.2 Å². The fourth-order valence-electron chi connectivity index (χ4n) is 2.49. The summed E-state index contributed by atoms with van der Waals surface area (Å²) in [7, 11) is 3.77. The number of benzene rings is 2. The van der Waals surface area contributed by atoms with Crippen LogP contribution in [0.15, 0.2) is 47.0 Å². The van der Waals surface area contributed by atoms with Crippen molar-refractivity contribution in [2.75, 3.05) is 35.2 Å². The molecule has 1 heterocycles. The second-order valence-corrected chi connectivity index (χ2v) is 6.62. The molecule has 0 aliphatic carbocycles. The van der Waals surface area contributed by atoms with E-state index in [1.807, 2.05) is 19.0 Å². The molecule has 0 atom stereocenters. The maximum absolute atomic E-state index is 12.5. The second kappa shape index (κ2) is 8.11. The molecule has 0 spiro atoms. The number of thiol groups is 1. The smallest absolute Gasteiger partial charge is 0.422 e. The summed E-state index contributed by atoms with van der Waals surface area (Å²) < 4.78 is 48.4. The summed E-state index contributed by atoms with van der Waals surface area (Å²) in [5.41, 5.74) is 1.59. The molecule has 0 unspecified atom stereocenters. The van der Waals surface area contributed by atoms with E-state index < -0.39 is 18.8 Å². The Morgan fingerprint density at radius 1 is 1.17 bits per heavy atom. The molecular formula is C18H17F3N4O3S. The number of rotatable bonds is 5. The molecule has 0 radical (unpaired) electrons. The fourth-order valence-corrected chi connectivity index (χ4v) is 2.67. The minimum atomic E-state index is -4.51. The summed E-state index contributed by atoms with van der Waals surface area (Å²) in [6.45, 7) is -1.48. The van der Waals surface area contributed by atoms with Gasteiger partial charge >= 0.3 is 12.2 Å². The number of halogens is 3. The molecule has 0 saturated carbocycles. The van der Waals surface area contributed by atoms with Crippen LogP contribution in [0.4, 0.5) is 35.2 Å². The van der Waals surface area contributed by atoms with Crippen LogP contribution in [0.2, 0.25) is 0 Å². The van der Waals surface area contributed by atoms with Gasteiger partial charge in [0, 0.05) is 19.8 Å². The van der Waals surface area contributed by atoms with E-state index in [-0.39, 0.29) is 22.5 Å². The van der Waals surface area contributed by atoms with Crippen LogP contribution in [0.5, 0.6) is 5.75 Å². The van der Waals surface area contributed by atoms with Crippen LogP contribution >= 0.6 is 12.8 Å². The molecule has 154 valence electrons. The minimum absolute atomic E-state index is 0.0771. The second-order valence-electron chi connectivity index (χ2n) is 6.22. The number of carbonyl (C=O) groups excluding carboxylic acids is 1. The standard InChI is InChI=1S/C18H17F3N4O3S/c1-24(2)11-6-8-12(9-7-11)25(29)17(26)22-16-15-13(27-10-18(19,20)21)4-3-5-14(15)28-23-16/h3-9,29H,10H2,1-2H3,(H,22,23,26). The first kappa shape index (κ1) is 20.6. The summed E-state index contributed by atoms with van der Waals surface area (Å²) in [4.78, 5) is 14.4. The molecule has 3 rings (SSSR count). The summed E-state index contributed by atoms with van der Waals surface area (Å²) >= 11 is 4.18. The molecule has 0 aliphatic rings. The van der Waals surface area contributed by atoms with E-state index >= 15 is 0 Å². The summed E-state index contributed by atoms with van der Waals surface area (Å²) in [6, 6.07) is 10.6. The fraction of sp³-hybridized carbons (Fsp3) is 0.222. The zero-order valence-corrected chi connectivity index (χ0v) is 16.3. The largest absolute Gasteiger partial charge is 0.483 e. The van der Waals surface area contributed by atoms with E-state index in [1.165, 1.54) is 18.2 Å². The number of nitrogens with one attached hydrogen (secondary N) is 1. The number of nitrogens with zero attached hydrogens (tertiary/aromatic N) is 3. The van der Waals surface area contributed by atoms with Crippen LogP contribution in [0.1, 0.15) is 0 Å². The Labute approximate surface area is 169 Å². The normalized spacial score (nSPS) is 11.4. The van der Waals surface area contributed by atoms with Crippen LogP contribution in [-0.2, 0) is 0 Å². The van der Waals surface area contributed by atoms with Crippen molar-refractivity contribution >= 4 is 47.0 Å². The lowest BCUT2D eigenvalue weighted by atomic mass is 10.2. The molecule has 0 bridgehead atoms. The predicted octanol–water partition coefficient (Wildman–Crippen LogP) is 4.72. The number of urea groups is 1. The van der Waals surface area contributed by atoms with Crippen LogP contribution in [0.3, 0.4) is 0 Å². The monoisotopic (exact) mass is 426 g/mol. The van der Waals surface area contributed by atoms with Crippen molar-refractivity contribution in [1.29, 1.82) is 0 Å². The third-order valence-corrected chi connectivity index (χ3v) is 4.29. The first-order valence-corrected chi connectivity index (χ1v) is 8.71. The molecule has 2 amide bonds. The zero-order chi connectivity index (χ0) is 21.2. The van der Waals surface area contributed by atoms with E-state index in [0.29, 0.717) is 5.69 Å². The Morgan fingerprint density at radius 3 is 2.45 bits per heavy atom. The van der Waals surface area contributed by atoms with E-state index in [9.17, 15) is 18.0 Å². The summed E-state index contributed by atoms with van der Waals surface area (Å²) in [6.07, 6.45) is -4.51. The Bertz CT molecular complexity index is 1010. The van der Waals surface area contributed by atoms with Crippen LogP contribution in [0.25, 0.3) is 11.0 Å².